The number of pyridine rings is 1. The number of aromatic nitrogens is 1. The van der Waals surface area contributed by atoms with Crippen molar-refractivity contribution in [3.8, 4) is 17.2 Å². The van der Waals surface area contributed by atoms with Gasteiger partial charge in [-0.05, 0) is 63.8 Å². The van der Waals surface area contributed by atoms with Gasteiger partial charge < -0.3 is 10.6 Å². The third-order valence-electron chi connectivity index (χ3n) is 3.45. The van der Waals surface area contributed by atoms with Crippen molar-refractivity contribution >= 4 is 23.1 Å². The van der Waals surface area contributed by atoms with Gasteiger partial charge in [0.05, 0.1) is 11.6 Å². The van der Waals surface area contributed by atoms with E-state index in [1.807, 2.05) is 23.6 Å². The fraction of sp³-hybridized carbons (Fsp3) is 0.0556. The van der Waals surface area contributed by atoms with Crippen molar-refractivity contribution in [3.05, 3.63) is 70.7 Å². The maximum absolute atomic E-state index is 12.0. The van der Waals surface area contributed by atoms with Crippen LogP contribution in [0.15, 0.2) is 59.6 Å². The molecule has 2 heterocycles. The van der Waals surface area contributed by atoms with Crippen molar-refractivity contribution in [2.45, 2.75) is 6.54 Å². The van der Waals surface area contributed by atoms with Gasteiger partial charge in [0.25, 0.3) is 0 Å². The number of hydrogen-bond donors (Lipinski definition) is 2. The third kappa shape index (κ3) is 3.77. The highest BCUT2D eigenvalue weighted by Gasteiger charge is 2.07. The number of benzene rings is 1. The zero-order chi connectivity index (χ0) is 16.8. The fourth-order valence-corrected chi connectivity index (χ4v) is 2.90. The zero-order valence-corrected chi connectivity index (χ0v) is 13.5. The molecule has 5 nitrogen and oxygen atoms in total. The van der Waals surface area contributed by atoms with Crippen LogP contribution in [-0.2, 0) is 6.54 Å². The smallest absolute Gasteiger partial charge is 0.319 e. The molecule has 0 unspecified atom stereocenters. The molecular formula is C18H14N4OS. The SMILES string of the molecule is N#Cc1ccc(NC(=O)NCc2cnccc2-c2ccsc2)cc1. The number of carbonyl (C=O) groups is 1. The number of urea groups is 1. The van der Waals surface area contributed by atoms with Gasteiger partial charge in [0, 0.05) is 24.6 Å². The number of carbonyl (C=O) groups excluding carboxylic acids is 1. The lowest BCUT2D eigenvalue weighted by molar-refractivity contribution is 0.252. The van der Waals surface area contributed by atoms with Gasteiger partial charge in [0.2, 0.25) is 0 Å². The molecule has 0 aliphatic rings. The number of hydrogen-bond acceptors (Lipinski definition) is 4. The van der Waals surface area contributed by atoms with Crippen LogP contribution in [0.25, 0.3) is 11.1 Å². The van der Waals surface area contributed by atoms with Crippen molar-refractivity contribution in [3.63, 3.8) is 0 Å². The van der Waals surface area contributed by atoms with Gasteiger partial charge in [0.1, 0.15) is 0 Å². The number of nitrogens with zero attached hydrogens (tertiary/aromatic N) is 2. The van der Waals surface area contributed by atoms with Crippen LogP contribution in [0.5, 0.6) is 0 Å². The van der Waals surface area contributed by atoms with Crippen molar-refractivity contribution in [1.82, 2.24) is 10.3 Å². The molecule has 1 aromatic carbocycles. The Morgan fingerprint density at radius 1 is 1.21 bits per heavy atom. The van der Waals surface area contributed by atoms with Crippen molar-refractivity contribution < 1.29 is 4.79 Å². The molecule has 0 fully saturated rings. The van der Waals surface area contributed by atoms with Gasteiger partial charge in [-0.25, -0.2) is 4.79 Å². The molecule has 2 amide bonds. The van der Waals surface area contributed by atoms with E-state index < -0.39 is 0 Å². The average Bonchev–Trinajstić information content (AvgIpc) is 3.15. The molecule has 118 valence electrons. The molecule has 24 heavy (non-hydrogen) atoms. The summed E-state index contributed by atoms with van der Waals surface area (Å²) in [6.45, 7) is 0.376. The lowest BCUT2D eigenvalue weighted by Crippen LogP contribution is -2.28. The number of rotatable bonds is 4. The molecular weight excluding hydrogens is 320 g/mol. The molecule has 0 aliphatic carbocycles. The van der Waals surface area contributed by atoms with Gasteiger partial charge in [-0.1, -0.05) is 0 Å². The summed E-state index contributed by atoms with van der Waals surface area (Å²) in [5.41, 5.74) is 4.31. The van der Waals surface area contributed by atoms with E-state index in [9.17, 15) is 4.79 Å². The van der Waals surface area contributed by atoms with E-state index in [1.54, 1.807) is 48.0 Å². The topological polar surface area (TPSA) is 77.8 Å². The molecule has 6 heteroatoms. The largest absolute Gasteiger partial charge is 0.334 e. The van der Waals surface area contributed by atoms with Gasteiger partial charge in [-0.15, -0.1) is 0 Å². The first-order valence-corrected chi connectivity index (χ1v) is 8.21. The highest BCUT2D eigenvalue weighted by atomic mass is 32.1. The van der Waals surface area contributed by atoms with E-state index >= 15 is 0 Å². The zero-order valence-electron chi connectivity index (χ0n) is 12.7. The lowest BCUT2D eigenvalue weighted by atomic mass is 10.1. The van der Waals surface area contributed by atoms with E-state index in [2.05, 4.69) is 21.0 Å². The summed E-state index contributed by atoms with van der Waals surface area (Å²) in [6, 6.07) is 12.4. The molecule has 3 rings (SSSR count). The Morgan fingerprint density at radius 2 is 2.04 bits per heavy atom. The van der Waals surface area contributed by atoms with Gasteiger partial charge >= 0.3 is 6.03 Å². The third-order valence-corrected chi connectivity index (χ3v) is 4.13. The van der Waals surface area contributed by atoms with Crippen LogP contribution in [0, 0.1) is 11.3 Å². The highest BCUT2D eigenvalue weighted by Crippen LogP contribution is 2.25. The number of anilines is 1. The summed E-state index contributed by atoms with van der Waals surface area (Å²) in [6.07, 6.45) is 3.50. The Bertz CT molecular complexity index is 867. The van der Waals surface area contributed by atoms with E-state index in [0.29, 0.717) is 17.8 Å². The number of nitrogens with one attached hydrogen (secondary N) is 2. The van der Waals surface area contributed by atoms with Crippen molar-refractivity contribution in [2.75, 3.05) is 5.32 Å². The average molecular weight is 334 g/mol. The summed E-state index contributed by atoms with van der Waals surface area (Å²) in [5.74, 6) is 0. The molecule has 2 N–H and O–H groups in total. The molecule has 0 atom stereocenters. The highest BCUT2D eigenvalue weighted by molar-refractivity contribution is 7.08. The first-order chi connectivity index (χ1) is 11.8. The Kier molecular flexibility index (Phi) is 4.84. The number of amides is 2. The maximum Gasteiger partial charge on any atom is 0.319 e. The van der Waals surface area contributed by atoms with Gasteiger partial charge in [0.15, 0.2) is 0 Å². The summed E-state index contributed by atoms with van der Waals surface area (Å²) in [4.78, 5) is 16.2. The molecule has 2 aromatic heterocycles. The second-order valence-electron chi connectivity index (χ2n) is 5.04. The quantitative estimate of drug-likeness (QED) is 0.757. The van der Waals surface area contributed by atoms with E-state index in [-0.39, 0.29) is 6.03 Å². The lowest BCUT2D eigenvalue weighted by Gasteiger charge is -2.10. The van der Waals surface area contributed by atoms with Crippen LogP contribution in [0.2, 0.25) is 0 Å². The van der Waals surface area contributed by atoms with Gasteiger partial charge in [-0.3, -0.25) is 4.98 Å². The van der Waals surface area contributed by atoms with E-state index in [1.165, 1.54) is 0 Å². The van der Waals surface area contributed by atoms with Crippen LogP contribution >= 0.6 is 11.3 Å². The van der Waals surface area contributed by atoms with Gasteiger partial charge in [-0.2, -0.15) is 16.6 Å². The summed E-state index contributed by atoms with van der Waals surface area (Å²) in [5, 5.41) is 18.4. The second-order valence-corrected chi connectivity index (χ2v) is 5.82. The minimum atomic E-state index is -0.306. The van der Waals surface area contributed by atoms with Crippen LogP contribution in [0.3, 0.4) is 0 Å². The number of thiophene rings is 1. The van der Waals surface area contributed by atoms with Crippen LogP contribution in [0.4, 0.5) is 10.5 Å². The molecule has 0 bridgehead atoms. The molecule has 0 aliphatic heterocycles. The monoisotopic (exact) mass is 334 g/mol. The normalized spacial score (nSPS) is 9.96. The molecule has 3 aromatic rings. The standard InChI is InChI=1S/C18H14N4OS/c19-9-13-1-3-16(4-2-13)22-18(23)21-11-15-10-20-7-5-17(15)14-6-8-24-12-14/h1-8,10,12H,11H2,(H2,21,22,23). The van der Waals surface area contributed by atoms with Crippen LogP contribution in [-0.4, -0.2) is 11.0 Å². The summed E-state index contributed by atoms with van der Waals surface area (Å²) >= 11 is 1.63. The fourth-order valence-electron chi connectivity index (χ4n) is 2.25. The molecule has 0 saturated heterocycles. The maximum atomic E-state index is 12.0. The van der Waals surface area contributed by atoms with E-state index in [4.69, 9.17) is 5.26 Å². The summed E-state index contributed by atoms with van der Waals surface area (Å²) in [7, 11) is 0. The Labute approximate surface area is 143 Å². The van der Waals surface area contributed by atoms with Crippen molar-refractivity contribution in [1.29, 1.82) is 5.26 Å². The first-order valence-electron chi connectivity index (χ1n) is 7.27. The molecule has 0 spiro atoms. The number of nitriles is 1. The predicted molar refractivity (Wildman–Crippen MR) is 94.6 cm³/mol. The first kappa shape index (κ1) is 15.7. The Balaban J connectivity index is 1.63. The molecule has 0 radical (unpaired) electrons. The Morgan fingerprint density at radius 3 is 2.75 bits per heavy atom. The minimum Gasteiger partial charge on any atom is -0.334 e. The van der Waals surface area contributed by atoms with Crippen LogP contribution < -0.4 is 10.6 Å². The van der Waals surface area contributed by atoms with Crippen LogP contribution in [0.1, 0.15) is 11.1 Å². The van der Waals surface area contributed by atoms with Crippen molar-refractivity contribution in [2.24, 2.45) is 0 Å². The molecule has 0 saturated carbocycles. The van der Waals surface area contributed by atoms with E-state index in [0.717, 1.165) is 16.7 Å². The minimum absolute atomic E-state index is 0.306. The Hall–Kier alpha value is -3.17. The predicted octanol–water partition coefficient (Wildman–Crippen LogP) is 4.00. The second kappa shape index (κ2) is 7.40. The summed E-state index contributed by atoms with van der Waals surface area (Å²) < 4.78 is 0.